The van der Waals surface area contributed by atoms with E-state index in [9.17, 15) is 4.79 Å². The van der Waals surface area contributed by atoms with Gasteiger partial charge in [-0.2, -0.15) is 0 Å². The second-order valence-corrected chi connectivity index (χ2v) is 6.94. The molecule has 144 valence electrons. The Balaban J connectivity index is 1.44. The van der Waals surface area contributed by atoms with Gasteiger partial charge in [-0.3, -0.25) is 4.79 Å². The van der Waals surface area contributed by atoms with Gasteiger partial charge >= 0.3 is 0 Å². The van der Waals surface area contributed by atoms with Crippen molar-refractivity contribution < 1.29 is 9.53 Å². The summed E-state index contributed by atoms with van der Waals surface area (Å²) in [5.74, 6) is 1.34. The van der Waals surface area contributed by atoms with E-state index in [1.165, 1.54) is 0 Å². The molecule has 1 fully saturated rings. The molecule has 1 aliphatic rings. The number of nitrogens with one attached hydrogen (secondary N) is 1. The second-order valence-electron chi connectivity index (χ2n) is 6.94. The number of nitrogens with zero attached hydrogens (tertiary/aromatic N) is 4. The van der Waals surface area contributed by atoms with Crippen molar-refractivity contribution in [3.05, 3.63) is 54.1 Å². The molecule has 0 bridgehead atoms. The Kier molecular flexibility index (Phi) is 5.32. The first kappa shape index (κ1) is 18.2. The molecule has 28 heavy (non-hydrogen) atoms. The molecule has 0 unspecified atom stereocenters. The van der Waals surface area contributed by atoms with Crippen LogP contribution in [-0.4, -0.2) is 32.7 Å². The summed E-state index contributed by atoms with van der Waals surface area (Å²) in [6.07, 6.45) is 4.31. The predicted octanol–water partition coefficient (Wildman–Crippen LogP) is 4.11. The average molecular weight is 377 g/mol. The van der Waals surface area contributed by atoms with Gasteiger partial charge in [0, 0.05) is 16.8 Å². The molecule has 3 aromatic rings. The highest BCUT2D eigenvalue weighted by Crippen LogP contribution is 2.36. The summed E-state index contributed by atoms with van der Waals surface area (Å²) in [5, 5.41) is 15.0. The highest BCUT2D eigenvalue weighted by molar-refractivity contribution is 6.04. The summed E-state index contributed by atoms with van der Waals surface area (Å²) in [7, 11) is 0. The van der Waals surface area contributed by atoms with Crippen molar-refractivity contribution >= 4 is 11.6 Å². The first-order valence-corrected chi connectivity index (χ1v) is 9.67. The molecule has 7 nitrogen and oxygen atoms in total. The van der Waals surface area contributed by atoms with E-state index in [1.807, 2.05) is 41.1 Å². The zero-order valence-corrected chi connectivity index (χ0v) is 15.8. The van der Waals surface area contributed by atoms with Gasteiger partial charge in [0.15, 0.2) is 5.82 Å². The number of tetrazole rings is 1. The van der Waals surface area contributed by atoms with Gasteiger partial charge in [0.25, 0.3) is 5.91 Å². The van der Waals surface area contributed by atoms with Crippen LogP contribution in [0.2, 0.25) is 0 Å². The van der Waals surface area contributed by atoms with Gasteiger partial charge in [0.2, 0.25) is 0 Å². The van der Waals surface area contributed by atoms with E-state index in [1.54, 1.807) is 12.1 Å². The molecule has 0 aliphatic heterocycles. The molecule has 1 amide bonds. The van der Waals surface area contributed by atoms with Crippen molar-refractivity contribution in [2.24, 2.45) is 0 Å². The minimum atomic E-state index is -0.168. The van der Waals surface area contributed by atoms with Crippen LogP contribution in [0.15, 0.2) is 48.5 Å². The lowest BCUT2D eigenvalue weighted by Crippen LogP contribution is -2.12. The van der Waals surface area contributed by atoms with E-state index in [4.69, 9.17) is 4.74 Å². The number of ether oxygens (including phenoxy) is 1. The minimum absolute atomic E-state index is 0.168. The number of hydrogen-bond donors (Lipinski definition) is 1. The Morgan fingerprint density at radius 2 is 2.04 bits per heavy atom. The molecule has 1 aromatic heterocycles. The number of carbonyl (C=O) groups excluding carboxylic acids is 1. The van der Waals surface area contributed by atoms with E-state index in [0.717, 1.165) is 42.8 Å². The highest BCUT2D eigenvalue weighted by Gasteiger charge is 2.28. The molecule has 1 N–H and O–H groups in total. The molecule has 1 saturated carbocycles. The van der Waals surface area contributed by atoms with Gasteiger partial charge in [0.05, 0.1) is 12.6 Å². The Labute approximate surface area is 163 Å². The van der Waals surface area contributed by atoms with Crippen LogP contribution >= 0.6 is 0 Å². The third kappa shape index (κ3) is 4.19. The van der Waals surface area contributed by atoms with Gasteiger partial charge in [-0.15, -0.1) is 5.10 Å². The number of amides is 1. The fourth-order valence-corrected chi connectivity index (χ4v) is 2.92. The quantitative estimate of drug-likeness (QED) is 0.598. The zero-order valence-electron chi connectivity index (χ0n) is 15.8. The lowest BCUT2D eigenvalue weighted by Gasteiger charge is -2.09. The Bertz CT molecular complexity index is 947. The topological polar surface area (TPSA) is 81.9 Å². The number of hydrogen-bond acceptors (Lipinski definition) is 5. The predicted molar refractivity (Wildman–Crippen MR) is 106 cm³/mol. The number of carbonyl (C=O) groups is 1. The highest BCUT2D eigenvalue weighted by atomic mass is 16.5. The number of anilines is 1. The van der Waals surface area contributed by atoms with Crippen molar-refractivity contribution in [3.63, 3.8) is 0 Å². The summed E-state index contributed by atoms with van der Waals surface area (Å²) >= 11 is 0. The van der Waals surface area contributed by atoms with Gasteiger partial charge in [-0.1, -0.05) is 25.5 Å². The second kappa shape index (κ2) is 8.21. The third-order valence-corrected chi connectivity index (χ3v) is 4.65. The molecule has 1 aliphatic carbocycles. The number of aromatic nitrogens is 4. The third-order valence-electron chi connectivity index (χ3n) is 4.65. The summed E-state index contributed by atoms with van der Waals surface area (Å²) in [4.78, 5) is 12.6. The molecule has 0 radical (unpaired) electrons. The smallest absolute Gasteiger partial charge is 0.255 e. The van der Waals surface area contributed by atoms with Crippen LogP contribution in [0.3, 0.4) is 0 Å². The summed E-state index contributed by atoms with van der Waals surface area (Å²) in [6, 6.07) is 15.2. The SMILES string of the molecule is CCCCOc1ccc(C(=O)Nc2cccc(-c3nnnn3C3CC3)c2)cc1. The van der Waals surface area contributed by atoms with E-state index in [0.29, 0.717) is 23.9 Å². The maximum atomic E-state index is 12.6. The Hall–Kier alpha value is -3.22. The maximum absolute atomic E-state index is 12.6. The molecule has 0 spiro atoms. The van der Waals surface area contributed by atoms with E-state index in [-0.39, 0.29) is 5.91 Å². The van der Waals surface area contributed by atoms with Crippen molar-refractivity contribution in [1.82, 2.24) is 20.2 Å². The van der Waals surface area contributed by atoms with E-state index >= 15 is 0 Å². The molecule has 0 atom stereocenters. The first-order valence-electron chi connectivity index (χ1n) is 9.67. The van der Waals surface area contributed by atoms with Gasteiger partial charge < -0.3 is 10.1 Å². The van der Waals surface area contributed by atoms with Crippen molar-refractivity contribution in [3.8, 4) is 17.1 Å². The maximum Gasteiger partial charge on any atom is 0.255 e. The van der Waals surface area contributed by atoms with Crippen LogP contribution in [0.1, 0.15) is 49.0 Å². The van der Waals surface area contributed by atoms with Crippen LogP contribution < -0.4 is 10.1 Å². The molecule has 0 saturated heterocycles. The molecule has 1 heterocycles. The largest absolute Gasteiger partial charge is 0.494 e. The fourth-order valence-electron chi connectivity index (χ4n) is 2.92. The van der Waals surface area contributed by atoms with Crippen LogP contribution in [0.25, 0.3) is 11.4 Å². The normalized spacial score (nSPS) is 13.3. The first-order chi connectivity index (χ1) is 13.7. The van der Waals surface area contributed by atoms with Crippen LogP contribution in [0, 0.1) is 0 Å². The Morgan fingerprint density at radius 1 is 1.21 bits per heavy atom. The molecule has 7 heteroatoms. The number of rotatable bonds is 8. The monoisotopic (exact) mass is 377 g/mol. The lowest BCUT2D eigenvalue weighted by molar-refractivity contribution is 0.102. The van der Waals surface area contributed by atoms with Gasteiger partial charge in [-0.25, -0.2) is 4.68 Å². The van der Waals surface area contributed by atoms with E-state index in [2.05, 4.69) is 27.8 Å². The van der Waals surface area contributed by atoms with Gasteiger partial charge in [-0.05, 0) is 66.1 Å². The average Bonchev–Trinajstić information content (AvgIpc) is 3.45. The minimum Gasteiger partial charge on any atom is -0.494 e. The van der Waals surface area contributed by atoms with Crippen molar-refractivity contribution in [1.29, 1.82) is 0 Å². The zero-order chi connectivity index (χ0) is 19.3. The van der Waals surface area contributed by atoms with Crippen molar-refractivity contribution in [2.45, 2.75) is 38.6 Å². The lowest BCUT2D eigenvalue weighted by atomic mass is 10.1. The molecular formula is C21H23N5O2. The Morgan fingerprint density at radius 3 is 2.79 bits per heavy atom. The molecule has 2 aromatic carbocycles. The van der Waals surface area contributed by atoms with Crippen LogP contribution in [0.4, 0.5) is 5.69 Å². The fraction of sp³-hybridized carbons (Fsp3) is 0.333. The van der Waals surface area contributed by atoms with Crippen LogP contribution in [0.5, 0.6) is 5.75 Å². The number of benzene rings is 2. The van der Waals surface area contributed by atoms with Crippen molar-refractivity contribution in [2.75, 3.05) is 11.9 Å². The summed E-state index contributed by atoms with van der Waals surface area (Å²) < 4.78 is 7.50. The molecule has 4 rings (SSSR count). The number of unbranched alkanes of at least 4 members (excludes halogenated alkanes) is 1. The summed E-state index contributed by atoms with van der Waals surface area (Å²) in [5.41, 5.74) is 2.17. The standard InChI is InChI=1S/C21H23N5O2/c1-2-3-13-28-19-11-7-15(8-12-19)21(27)22-17-6-4-5-16(14-17)20-23-24-25-26(20)18-9-10-18/h4-8,11-12,14,18H,2-3,9-10,13H2,1H3,(H,22,27). The van der Waals surface area contributed by atoms with E-state index < -0.39 is 0 Å². The van der Waals surface area contributed by atoms with Crippen LogP contribution in [-0.2, 0) is 0 Å². The summed E-state index contributed by atoms with van der Waals surface area (Å²) in [6.45, 7) is 2.81. The van der Waals surface area contributed by atoms with Gasteiger partial charge in [0.1, 0.15) is 5.75 Å². The molecular weight excluding hydrogens is 354 g/mol.